The summed E-state index contributed by atoms with van der Waals surface area (Å²) in [5, 5.41) is 4.10. The lowest BCUT2D eigenvalue weighted by Gasteiger charge is -2.16. The Balaban J connectivity index is 1.68. The molecule has 122 valence electrons. The van der Waals surface area contributed by atoms with Crippen LogP contribution >= 0.6 is 11.5 Å². The van der Waals surface area contributed by atoms with Crippen molar-refractivity contribution in [3.05, 3.63) is 40.4 Å². The molecule has 1 aromatic carbocycles. The molecule has 0 bridgehead atoms. The zero-order valence-electron chi connectivity index (χ0n) is 13.5. The SMILES string of the molecule is CCCc1nnsc1C(=O)N1CC[C@@H](c2ccc(OC)cc2)C1. The quantitative estimate of drug-likeness (QED) is 0.845. The first-order valence-electron chi connectivity index (χ1n) is 7.97. The highest BCUT2D eigenvalue weighted by Crippen LogP contribution is 2.30. The molecule has 0 unspecified atom stereocenters. The molecular formula is C17H21N3O2S. The third kappa shape index (κ3) is 3.37. The lowest BCUT2D eigenvalue weighted by molar-refractivity contribution is 0.0794. The molecule has 2 heterocycles. The molecule has 1 amide bonds. The van der Waals surface area contributed by atoms with Gasteiger partial charge in [0.1, 0.15) is 10.6 Å². The Morgan fingerprint density at radius 2 is 2.17 bits per heavy atom. The highest BCUT2D eigenvalue weighted by atomic mass is 32.1. The number of aromatic nitrogens is 2. The molecule has 1 saturated heterocycles. The minimum atomic E-state index is 0.0828. The second-order valence-corrected chi connectivity index (χ2v) is 6.56. The number of ether oxygens (including phenoxy) is 1. The number of carbonyl (C=O) groups excluding carboxylic acids is 1. The third-order valence-electron chi connectivity index (χ3n) is 4.30. The van der Waals surface area contributed by atoms with E-state index < -0.39 is 0 Å². The van der Waals surface area contributed by atoms with E-state index in [2.05, 4.69) is 28.6 Å². The lowest BCUT2D eigenvalue weighted by atomic mass is 9.98. The lowest BCUT2D eigenvalue weighted by Crippen LogP contribution is -2.28. The Kier molecular flexibility index (Phi) is 4.91. The van der Waals surface area contributed by atoms with Crippen LogP contribution < -0.4 is 4.74 Å². The van der Waals surface area contributed by atoms with Crippen molar-refractivity contribution in [3.63, 3.8) is 0 Å². The first-order chi connectivity index (χ1) is 11.2. The van der Waals surface area contributed by atoms with Gasteiger partial charge in [0.2, 0.25) is 0 Å². The van der Waals surface area contributed by atoms with Gasteiger partial charge in [-0.3, -0.25) is 4.79 Å². The Morgan fingerprint density at radius 3 is 2.87 bits per heavy atom. The van der Waals surface area contributed by atoms with Gasteiger partial charge >= 0.3 is 0 Å². The van der Waals surface area contributed by atoms with E-state index >= 15 is 0 Å². The van der Waals surface area contributed by atoms with E-state index in [-0.39, 0.29) is 5.91 Å². The molecule has 1 fully saturated rings. The fraction of sp³-hybridized carbons (Fsp3) is 0.471. The molecule has 0 saturated carbocycles. The molecule has 0 N–H and O–H groups in total. The van der Waals surface area contributed by atoms with Gasteiger partial charge in [0, 0.05) is 19.0 Å². The maximum absolute atomic E-state index is 12.7. The molecule has 0 aliphatic carbocycles. The minimum Gasteiger partial charge on any atom is -0.497 e. The average molecular weight is 331 g/mol. The molecule has 5 nitrogen and oxygen atoms in total. The van der Waals surface area contributed by atoms with Crippen LogP contribution in [0.2, 0.25) is 0 Å². The van der Waals surface area contributed by atoms with Gasteiger partial charge in [-0.1, -0.05) is 30.0 Å². The molecule has 1 aromatic heterocycles. The van der Waals surface area contributed by atoms with Crippen LogP contribution in [0.1, 0.15) is 46.6 Å². The summed E-state index contributed by atoms with van der Waals surface area (Å²) in [7, 11) is 1.67. The second-order valence-electron chi connectivity index (χ2n) is 5.81. The molecule has 1 aliphatic rings. The molecule has 2 aromatic rings. The highest BCUT2D eigenvalue weighted by molar-refractivity contribution is 7.08. The summed E-state index contributed by atoms with van der Waals surface area (Å²) in [6, 6.07) is 8.14. The van der Waals surface area contributed by atoms with Crippen LogP contribution in [0.4, 0.5) is 0 Å². The molecule has 0 spiro atoms. The number of methoxy groups -OCH3 is 1. The van der Waals surface area contributed by atoms with E-state index in [1.165, 1.54) is 17.1 Å². The van der Waals surface area contributed by atoms with Gasteiger partial charge in [-0.15, -0.1) is 5.10 Å². The van der Waals surface area contributed by atoms with Crippen LogP contribution in [0.5, 0.6) is 5.75 Å². The average Bonchev–Trinajstić information content (AvgIpc) is 3.24. The van der Waals surface area contributed by atoms with Gasteiger partial charge in [0.15, 0.2) is 0 Å². The number of hydrogen-bond donors (Lipinski definition) is 0. The first-order valence-corrected chi connectivity index (χ1v) is 8.74. The summed E-state index contributed by atoms with van der Waals surface area (Å²) in [4.78, 5) is 15.4. The van der Waals surface area contributed by atoms with Crippen molar-refractivity contribution >= 4 is 17.4 Å². The van der Waals surface area contributed by atoms with Crippen LogP contribution in [-0.2, 0) is 6.42 Å². The fourth-order valence-electron chi connectivity index (χ4n) is 3.01. The standard InChI is InChI=1S/C17H21N3O2S/c1-3-4-15-16(23-19-18-15)17(21)20-10-9-13(11-20)12-5-7-14(22-2)8-6-12/h5-8,13H,3-4,9-11H2,1-2H3/t13-/m1/s1. The normalized spacial score (nSPS) is 17.5. The van der Waals surface area contributed by atoms with E-state index in [1.54, 1.807) is 7.11 Å². The van der Waals surface area contributed by atoms with Crippen LogP contribution in [-0.4, -0.2) is 40.6 Å². The summed E-state index contributed by atoms with van der Waals surface area (Å²) in [6.07, 6.45) is 2.78. The smallest absolute Gasteiger partial charge is 0.267 e. The summed E-state index contributed by atoms with van der Waals surface area (Å²) in [5.74, 6) is 1.33. The van der Waals surface area contributed by atoms with Gasteiger partial charge in [-0.25, -0.2) is 0 Å². The van der Waals surface area contributed by atoms with Crippen molar-refractivity contribution in [2.24, 2.45) is 0 Å². The first kappa shape index (κ1) is 15.9. The zero-order chi connectivity index (χ0) is 16.2. The Morgan fingerprint density at radius 1 is 1.39 bits per heavy atom. The molecule has 3 rings (SSSR count). The number of carbonyl (C=O) groups is 1. The van der Waals surface area contributed by atoms with Gasteiger partial charge in [-0.2, -0.15) is 0 Å². The number of nitrogens with zero attached hydrogens (tertiary/aromatic N) is 3. The Bertz CT molecular complexity index is 669. The number of benzene rings is 1. The van der Waals surface area contributed by atoms with Crippen molar-refractivity contribution in [2.45, 2.75) is 32.1 Å². The zero-order valence-corrected chi connectivity index (χ0v) is 14.3. The largest absolute Gasteiger partial charge is 0.497 e. The number of rotatable bonds is 5. The molecule has 6 heteroatoms. The fourth-order valence-corrected chi connectivity index (χ4v) is 3.68. The van der Waals surface area contributed by atoms with Crippen molar-refractivity contribution in [1.82, 2.24) is 14.5 Å². The Hall–Kier alpha value is -1.95. The van der Waals surface area contributed by atoms with Gasteiger partial charge in [0.25, 0.3) is 5.91 Å². The van der Waals surface area contributed by atoms with E-state index in [4.69, 9.17) is 4.74 Å². The van der Waals surface area contributed by atoms with Crippen LogP contribution in [0, 0.1) is 0 Å². The number of amides is 1. The summed E-state index contributed by atoms with van der Waals surface area (Å²) >= 11 is 1.22. The maximum Gasteiger partial charge on any atom is 0.267 e. The summed E-state index contributed by atoms with van der Waals surface area (Å²) in [6.45, 7) is 3.64. The minimum absolute atomic E-state index is 0.0828. The van der Waals surface area contributed by atoms with Gasteiger partial charge in [0.05, 0.1) is 12.8 Å². The number of aryl methyl sites for hydroxylation is 1. The highest BCUT2D eigenvalue weighted by Gasteiger charge is 2.30. The molecule has 1 aliphatic heterocycles. The van der Waals surface area contributed by atoms with Crippen molar-refractivity contribution in [3.8, 4) is 5.75 Å². The van der Waals surface area contributed by atoms with Gasteiger partial charge < -0.3 is 9.64 Å². The van der Waals surface area contributed by atoms with Crippen molar-refractivity contribution in [2.75, 3.05) is 20.2 Å². The molecule has 1 atom stereocenters. The van der Waals surface area contributed by atoms with Crippen LogP contribution in [0.25, 0.3) is 0 Å². The van der Waals surface area contributed by atoms with E-state index in [1.807, 2.05) is 17.0 Å². The number of hydrogen-bond acceptors (Lipinski definition) is 5. The van der Waals surface area contributed by atoms with E-state index in [0.29, 0.717) is 10.8 Å². The van der Waals surface area contributed by atoms with Crippen LogP contribution in [0.3, 0.4) is 0 Å². The predicted molar refractivity (Wildman–Crippen MR) is 90.2 cm³/mol. The van der Waals surface area contributed by atoms with Crippen LogP contribution in [0.15, 0.2) is 24.3 Å². The summed E-state index contributed by atoms with van der Waals surface area (Å²) < 4.78 is 9.16. The van der Waals surface area contributed by atoms with Gasteiger partial charge in [-0.05, 0) is 42.1 Å². The third-order valence-corrected chi connectivity index (χ3v) is 5.06. The van der Waals surface area contributed by atoms with Crippen molar-refractivity contribution in [1.29, 1.82) is 0 Å². The molecule has 23 heavy (non-hydrogen) atoms. The Labute approximate surface area is 140 Å². The topological polar surface area (TPSA) is 55.3 Å². The second kappa shape index (κ2) is 7.08. The molecular weight excluding hydrogens is 310 g/mol. The summed E-state index contributed by atoms with van der Waals surface area (Å²) in [5.41, 5.74) is 2.10. The maximum atomic E-state index is 12.7. The van der Waals surface area contributed by atoms with E-state index in [9.17, 15) is 4.79 Å². The number of likely N-dealkylation sites (tertiary alicyclic amines) is 1. The predicted octanol–water partition coefficient (Wildman–Crippen LogP) is 3.13. The van der Waals surface area contributed by atoms with E-state index in [0.717, 1.165) is 43.8 Å². The molecule has 0 radical (unpaired) electrons. The van der Waals surface area contributed by atoms with Crippen molar-refractivity contribution < 1.29 is 9.53 Å². The monoisotopic (exact) mass is 331 g/mol.